The second-order valence-corrected chi connectivity index (χ2v) is 7.95. The number of carbonyl (C=O) groups is 3. The van der Waals surface area contributed by atoms with Crippen molar-refractivity contribution < 1.29 is 27.6 Å². The zero-order chi connectivity index (χ0) is 21.6. The molecular weight excluding hydrogens is 387 g/mol. The Morgan fingerprint density at radius 1 is 1.21 bits per heavy atom. The average molecular weight is 411 g/mol. The highest BCUT2D eigenvalue weighted by Crippen LogP contribution is 2.47. The number of alkyl halides is 3. The Kier molecular flexibility index (Phi) is 5.36. The predicted octanol–water partition coefficient (Wildman–Crippen LogP) is 2.18. The van der Waals surface area contributed by atoms with E-state index in [0.717, 1.165) is 12.1 Å². The van der Waals surface area contributed by atoms with E-state index in [1.54, 1.807) is 0 Å². The third-order valence-corrected chi connectivity index (χ3v) is 5.81. The molecule has 1 aliphatic carbocycles. The zero-order valence-corrected chi connectivity index (χ0v) is 16.5. The molecule has 3 amide bonds. The number of nitrogens with zero attached hydrogens (tertiary/aromatic N) is 2. The van der Waals surface area contributed by atoms with Crippen LogP contribution in [0, 0.1) is 5.92 Å². The molecule has 6 nitrogen and oxygen atoms in total. The number of carbonyl (C=O) groups excluding carboxylic acids is 3. The number of nitrogens with one attached hydrogen (secondary N) is 1. The van der Waals surface area contributed by atoms with E-state index in [1.807, 2.05) is 13.8 Å². The molecule has 1 aromatic carbocycles. The predicted molar refractivity (Wildman–Crippen MR) is 98.4 cm³/mol. The van der Waals surface area contributed by atoms with E-state index in [4.69, 9.17) is 0 Å². The Hall–Kier alpha value is -2.58. The molecule has 2 aliphatic rings. The third-order valence-electron chi connectivity index (χ3n) is 5.81. The summed E-state index contributed by atoms with van der Waals surface area (Å²) in [6.07, 6.45) is -4.02. The lowest BCUT2D eigenvalue weighted by Crippen LogP contribution is -2.74. The lowest BCUT2D eigenvalue weighted by molar-refractivity contribution is -0.180. The maximum atomic E-state index is 13.2. The van der Waals surface area contributed by atoms with Crippen molar-refractivity contribution in [3.63, 3.8) is 0 Å². The molecule has 1 aliphatic heterocycles. The van der Waals surface area contributed by atoms with Crippen LogP contribution >= 0.6 is 0 Å². The summed E-state index contributed by atoms with van der Waals surface area (Å²) in [4.78, 5) is 41.0. The maximum Gasteiger partial charge on any atom is 0.416 e. The van der Waals surface area contributed by atoms with Crippen molar-refractivity contribution in [1.29, 1.82) is 0 Å². The van der Waals surface area contributed by atoms with E-state index in [0.29, 0.717) is 5.56 Å². The molecule has 0 unspecified atom stereocenters. The van der Waals surface area contributed by atoms with Crippen molar-refractivity contribution >= 4 is 17.7 Å². The summed E-state index contributed by atoms with van der Waals surface area (Å²) in [5.74, 6) is -1.04. The molecule has 0 aromatic heterocycles. The summed E-state index contributed by atoms with van der Waals surface area (Å²) in [5.41, 5.74) is -1.40. The van der Waals surface area contributed by atoms with Gasteiger partial charge in [-0.25, -0.2) is 0 Å². The Labute approximate surface area is 167 Å². The average Bonchev–Trinajstić information content (AvgIpc) is 2.62. The first-order valence-corrected chi connectivity index (χ1v) is 9.49. The number of hydrogen-bond acceptors (Lipinski definition) is 3. The molecule has 1 N–H and O–H groups in total. The van der Waals surface area contributed by atoms with Gasteiger partial charge >= 0.3 is 6.18 Å². The van der Waals surface area contributed by atoms with E-state index in [1.165, 1.54) is 29.0 Å². The van der Waals surface area contributed by atoms with E-state index >= 15 is 0 Å². The number of halogens is 3. The van der Waals surface area contributed by atoms with Crippen LogP contribution in [-0.4, -0.2) is 52.7 Å². The van der Waals surface area contributed by atoms with E-state index in [-0.39, 0.29) is 55.6 Å². The summed E-state index contributed by atoms with van der Waals surface area (Å²) in [6.45, 7) is 3.58. The minimum absolute atomic E-state index is 0.0229. The highest BCUT2D eigenvalue weighted by Gasteiger charge is 2.61. The quantitative estimate of drug-likeness (QED) is 0.826. The lowest BCUT2D eigenvalue weighted by Gasteiger charge is -2.57. The van der Waals surface area contributed by atoms with Crippen molar-refractivity contribution in [3.05, 3.63) is 35.4 Å². The van der Waals surface area contributed by atoms with Crippen molar-refractivity contribution in [1.82, 2.24) is 15.1 Å². The summed E-state index contributed by atoms with van der Waals surface area (Å²) >= 11 is 0. The molecule has 1 saturated heterocycles. The van der Waals surface area contributed by atoms with E-state index in [9.17, 15) is 27.6 Å². The molecule has 0 atom stereocenters. The topological polar surface area (TPSA) is 69.7 Å². The molecule has 3 rings (SSSR count). The second kappa shape index (κ2) is 7.35. The van der Waals surface area contributed by atoms with Gasteiger partial charge in [-0.1, -0.05) is 12.1 Å². The third kappa shape index (κ3) is 3.70. The molecule has 29 heavy (non-hydrogen) atoms. The van der Waals surface area contributed by atoms with Gasteiger partial charge in [-0.15, -0.1) is 0 Å². The van der Waals surface area contributed by atoms with Gasteiger partial charge in [-0.3, -0.25) is 14.4 Å². The van der Waals surface area contributed by atoms with Gasteiger partial charge in [0.15, 0.2) is 0 Å². The minimum atomic E-state index is -4.44. The number of amides is 3. The van der Waals surface area contributed by atoms with Gasteiger partial charge < -0.3 is 15.1 Å². The summed E-state index contributed by atoms with van der Waals surface area (Å²) in [7, 11) is 1.52. The first-order chi connectivity index (χ1) is 13.5. The van der Waals surface area contributed by atoms with Gasteiger partial charge in [0.1, 0.15) is 12.1 Å². The first kappa shape index (κ1) is 21.1. The van der Waals surface area contributed by atoms with E-state index in [2.05, 4.69) is 5.32 Å². The largest absolute Gasteiger partial charge is 0.416 e. The van der Waals surface area contributed by atoms with Crippen LogP contribution in [0.15, 0.2) is 24.3 Å². The minimum Gasteiger partial charge on any atom is -0.359 e. The fraction of sp³-hybridized carbons (Fsp3) is 0.550. The van der Waals surface area contributed by atoms with Crippen LogP contribution in [0.4, 0.5) is 13.2 Å². The van der Waals surface area contributed by atoms with Crippen LogP contribution in [0.3, 0.4) is 0 Å². The van der Waals surface area contributed by atoms with Crippen molar-refractivity contribution in [2.75, 3.05) is 13.6 Å². The molecule has 2 fully saturated rings. The molecule has 1 saturated carbocycles. The van der Waals surface area contributed by atoms with Gasteiger partial charge in [0.2, 0.25) is 17.7 Å². The molecule has 1 spiro atoms. The SMILES string of the molecule is CNC(=O)[C@H]1C[C@@]2(C1)C(=O)N(C(C)C)CC(=O)N2Cc1ccc(C(F)(F)F)cc1. The first-order valence-electron chi connectivity index (χ1n) is 9.49. The normalized spacial score (nSPS) is 24.9. The van der Waals surface area contributed by atoms with Crippen LogP contribution in [0.1, 0.15) is 37.8 Å². The highest BCUT2D eigenvalue weighted by molar-refractivity contribution is 6.00. The smallest absolute Gasteiger partial charge is 0.359 e. The van der Waals surface area contributed by atoms with Crippen LogP contribution in [0.5, 0.6) is 0 Å². The fourth-order valence-electron chi connectivity index (χ4n) is 4.10. The van der Waals surface area contributed by atoms with Crippen LogP contribution in [0.25, 0.3) is 0 Å². The second-order valence-electron chi connectivity index (χ2n) is 7.95. The Balaban J connectivity index is 1.88. The molecule has 0 bridgehead atoms. The van der Waals surface area contributed by atoms with Crippen molar-refractivity contribution in [3.8, 4) is 0 Å². The highest BCUT2D eigenvalue weighted by atomic mass is 19.4. The van der Waals surface area contributed by atoms with Gasteiger partial charge in [0.25, 0.3) is 0 Å². The summed E-state index contributed by atoms with van der Waals surface area (Å²) in [5, 5.41) is 2.56. The Morgan fingerprint density at radius 3 is 2.28 bits per heavy atom. The molecule has 158 valence electrons. The standard InChI is InChI=1S/C20H24F3N3O3/c1-12(2)25-11-16(27)26(10-13-4-6-15(7-5-13)20(21,22)23)19(18(25)29)8-14(9-19)17(28)24-3/h4-7,12,14H,8-11H2,1-3H3,(H,24,28)/t14-,19+. The number of piperazine rings is 1. The molecular formula is C20H24F3N3O3. The van der Waals surface area contributed by atoms with Gasteiger partial charge in [-0.2, -0.15) is 13.2 Å². The Morgan fingerprint density at radius 2 is 1.79 bits per heavy atom. The van der Waals surface area contributed by atoms with Crippen molar-refractivity contribution in [2.24, 2.45) is 5.92 Å². The van der Waals surface area contributed by atoms with Crippen LogP contribution in [-0.2, 0) is 27.1 Å². The number of benzene rings is 1. The summed E-state index contributed by atoms with van der Waals surface area (Å²) < 4.78 is 38.4. The molecule has 1 heterocycles. The Bertz CT molecular complexity index is 815. The van der Waals surface area contributed by atoms with Gasteiger partial charge in [0, 0.05) is 25.6 Å². The zero-order valence-electron chi connectivity index (χ0n) is 16.5. The molecule has 1 aromatic rings. The van der Waals surface area contributed by atoms with Crippen LogP contribution < -0.4 is 5.32 Å². The lowest BCUT2D eigenvalue weighted by atomic mass is 9.64. The maximum absolute atomic E-state index is 13.2. The molecule has 0 radical (unpaired) electrons. The fourth-order valence-corrected chi connectivity index (χ4v) is 4.10. The number of rotatable bonds is 4. The molecule has 9 heteroatoms. The van der Waals surface area contributed by atoms with E-state index < -0.39 is 17.3 Å². The monoisotopic (exact) mass is 411 g/mol. The van der Waals surface area contributed by atoms with Crippen LogP contribution in [0.2, 0.25) is 0 Å². The van der Waals surface area contributed by atoms with Gasteiger partial charge in [0.05, 0.1) is 5.56 Å². The van der Waals surface area contributed by atoms with Gasteiger partial charge in [-0.05, 0) is 44.4 Å². The summed E-state index contributed by atoms with van der Waals surface area (Å²) in [6, 6.07) is 4.39. The van der Waals surface area contributed by atoms with Crippen molar-refractivity contribution in [2.45, 2.75) is 51.0 Å². The number of hydrogen-bond donors (Lipinski definition) is 1.